The molecule has 124 valence electrons. The monoisotopic (exact) mass is 348 g/mol. The molecule has 0 saturated heterocycles. The Morgan fingerprint density at radius 3 is 2.60 bits per heavy atom. The van der Waals surface area contributed by atoms with Crippen molar-refractivity contribution < 1.29 is 4.52 Å². The van der Waals surface area contributed by atoms with E-state index >= 15 is 0 Å². The Morgan fingerprint density at radius 2 is 1.80 bits per heavy atom. The van der Waals surface area contributed by atoms with Crippen molar-refractivity contribution in [3.63, 3.8) is 0 Å². The highest BCUT2D eigenvalue weighted by Crippen LogP contribution is 2.25. The van der Waals surface area contributed by atoms with Gasteiger partial charge >= 0.3 is 0 Å². The van der Waals surface area contributed by atoms with E-state index in [0.29, 0.717) is 10.9 Å². The summed E-state index contributed by atoms with van der Waals surface area (Å²) in [6, 6.07) is 20.1. The lowest BCUT2D eigenvalue weighted by Gasteiger charge is -1.96. The van der Waals surface area contributed by atoms with Gasteiger partial charge in [-0.15, -0.1) is 5.10 Å². The first kappa shape index (κ1) is 15.7. The zero-order valence-electron chi connectivity index (χ0n) is 13.6. The number of H-pyrrole nitrogens is 1. The van der Waals surface area contributed by atoms with Crippen LogP contribution in [0.25, 0.3) is 22.7 Å². The molecule has 0 amide bonds. The number of nitrogens with zero attached hydrogens (tertiary/aromatic N) is 3. The van der Waals surface area contributed by atoms with Gasteiger partial charge in [0, 0.05) is 22.9 Å². The molecule has 2 aromatic heterocycles. The third kappa shape index (κ3) is 3.64. The minimum atomic E-state index is 0.654. The van der Waals surface area contributed by atoms with Gasteiger partial charge in [-0.2, -0.15) is 0 Å². The average molecular weight is 348 g/mol. The number of benzene rings is 2. The molecule has 2 aromatic carbocycles. The second kappa shape index (κ2) is 6.94. The molecule has 0 bridgehead atoms. The summed E-state index contributed by atoms with van der Waals surface area (Å²) in [6.07, 6.45) is 0. The van der Waals surface area contributed by atoms with Crippen LogP contribution in [-0.4, -0.2) is 20.3 Å². The van der Waals surface area contributed by atoms with E-state index in [4.69, 9.17) is 4.52 Å². The Morgan fingerprint density at radius 1 is 1.00 bits per heavy atom. The minimum absolute atomic E-state index is 0.654. The average Bonchev–Trinajstić information content (AvgIpc) is 3.31. The Balaban J connectivity index is 1.42. The van der Waals surface area contributed by atoms with Gasteiger partial charge in [0.05, 0.1) is 5.69 Å². The Labute approximate surface area is 149 Å². The fourth-order valence-corrected chi connectivity index (χ4v) is 3.09. The lowest BCUT2D eigenvalue weighted by Crippen LogP contribution is -1.82. The number of hydrogen-bond donors (Lipinski definition) is 1. The Kier molecular flexibility index (Phi) is 4.35. The molecule has 0 radical (unpaired) electrons. The fourth-order valence-electron chi connectivity index (χ4n) is 2.41. The molecule has 0 aliphatic heterocycles. The van der Waals surface area contributed by atoms with E-state index < -0.39 is 0 Å². The molecule has 0 atom stereocenters. The zero-order chi connectivity index (χ0) is 17.1. The summed E-state index contributed by atoms with van der Waals surface area (Å²) in [6.45, 7) is 2.06. The lowest BCUT2D eigenvalue weighted by atomic mass is 10.1. The summed E-state index contributed by atoms with van der Waals surface area (Å²) in [5, 5.41) is 12.1. The van der Waals surface area contributed by atoms with Crippen molar-refractivity contribution in [2.24, 2.45) is 0 Å². The van der Waals surface area contributed by atoms with Crippen molar-refractivity contribution >= 4 is 11.8 Å². The van der Waals surface area contributed by atoms with Gasteiger partial charge in [-0.3, -0.25) is 5.10 Å². The predicted molar refractivity (Wildman–Crippen MR) is 98.1 cm³/mol. The normalized spacial score (nSPS) is 10.9. The van der Waals surface area contributed by atoms with Crippen LogP contribution in [0.2, 0.25) is 0 Å². The smallest absolute Gasteiger partial charge is 0.209 e. The summed E-state index contributed by atoms with van der Waals surface area (Å²) in [5.41, 5.74) is 4.13. The molecule has 0 spiro atoms. The third-order valence-electron chi connectivity index (χ3n) is 3.76. The number of aromatic amines is 1. The molecule has 0 saturated carbocycles. The van der Waals surface area contributed by atoms with Crippen molar-refractivity contribution in [1.29, 1.82) is 0 Å². The number of hydrogen-bond acceptors (Lipinski definition) is 5. The molecule has 4 rings (SSSR count). The fraction of sp³-hybridized carbons (Fsp3) is 0.105. The van der Waals surface area contributed by atoms with Gasteiger partial charge < -0.3 is 4.52 Å². The molecule has 6 heteroatoms. The standard InChI is InChI=1S/C19H16N4OS/c1-13-7-9-15(10-8-13)18-20-19(22-21-18)25-12-16-11-17(24-23-16)14-5-3-2-4-6-14/h2-11H,12H2,1H3,(H,20,21,22). The van der Waals surface area contributed by atoms with Crippen molar-refractivity contribution in [1.82, 2.24) is 20.3 Å². The topological polar surface area (TPSA) is 67.6 Å². The summed E-state index contributed by atoms with van der Waals surface area (Å²) in [7, 11) is 0. The van der Waals surface area contributed by atoms with Crippen molar-refractivity contribution in [2.45, 2.75) is 17.8 Å². The van der Waals surface area contributed by atoms with Crippen LogP contribution in [0.3, 0.4) is 0 Å². The maximum atomic E-state index is 5.41. The molecular weight excluding hydrogens is 332 g/mol. The summed E-state index contributed by atoms with van der Waals surface area (Å²) in [5.74, 6) is 2.20. The van der Waals surface area contributed by atoms with Crippen LogP contribution < -0.4 is 0 Å². The molecule has 0 fully saturated rings. The van der Waals surface area contributed by atoms with Crippen molar-refractivity contribution in [3.05, 3.63) is 71.9 Å². The second-order valence-corrected chi connectivity index (χ2v) is 6.61. The predicted octanol–water partition coefficient (Wildman–Crippen LogP) is 4.73. The number of thioether (sulfide) groups is 1. The van der Waals surface area contributed by atoms with Gasteiger partial charge in [0.2, 0.25) is 5.16 Å². The highest BCUT2D eigenvalue weighted by molar-refractivity contribution is 7.98. The minimum Gasteiger partial charge on any atom is -0.356 e. The molecule has 1 N–H and O–H groups in total. The first-order chi connectivity index (χ1) is 12.3. The van der Waals surface area contributed by atoms with E-state index in [1.165, 1.54) is 17.3 Å². The summed E-state index contributed by atoms with van der Waals surface area (Å²) in [4.78, 5) is 4.53. The van der Waals surface area contributed by atoms with Crippen molar-refractivity contribution in [2.75, 3.05) is 0 Å². The highest BCUT2D eigenvalue weighted by atomic mass is 32.2. The first-order valence-corrected chi connectivity index (χ1v) is 8.90. The maximum Gasteiger partial charge on any atom is 0.209 e. The SMILES string of the molecule is Cc1ccc(-c2nc(SCc3cc(-c4ccccc4)on3)n[nH]2)cc1. The largest absolute Gasteiger partial charge is 0.356 e. The molecule has 5 nitrogen and oxygen atoms in total. The van der Waals surface area contributed by atoms with Crippen LogP contribution >= 0.6 is 11.8 Å². The molecule has 25 heavy (non-hydrogen) atoms. The van der Waals surface area contributed by atoms with Gasteiger partial charge in [-0.05, 0) is 6.92 Å². The molecule has 0 aliphatic carbocycles. The van der Waals surface area contributed by atoms with E-state index in [2.05, 4.69) is 39.4 Å². The van der Waals surface area contributed by atoms with Crippen LogP contribution in [0, 0.1) is 6.92 Å². The van der Waals surface area contributed by atoms with Crippen molar-refractivity contribution in [3.8, 4) is 22.7 Å². The van der Waals surface area contributed by atoms with E-state index in [9.17, 15) is 0 Å². The second-order valence-electron chi connectivity index (χ2n) is 5.67. The maximum absolute atomic E-state index is 5.41. The number of nitrogens with one attached hydrogen (secondary N) is 1. The Hall–Kier alpha value is -2.86. The van der Waals surface area contributed by atoms with Gasteiger partial charge in [0.1, 0.15) is 0 Å². The molecular formula is C19H16N4OS. The van der Waals surface area contributed by atoms with Crippen LogP contribution in [0.5, 0.6) is 0 Å². The van der Waals surface area contributed by atoms with Crippen LogP contribution in [0.15, 0.2) is 70.3 Å². The molecule has 2 heterocycles. The van der Waals surface area contributed by atoms with Crippen LogP contribution in [0.4, 0.5) is 0 Å². The Bertz CT molecular complexity index is 961. The first-order valence-electron chi connectivity index (χ1n) is 7.91. The van der Waals surface area contributed by atoms with E-state index in [0.717, 1.165) is 28.4 Å². The summed E-state index contributed by atoms with van der Waals surface area (Å²) >= 11 is 1.52. The summed E-state index contributed by atoms with van der Waals surface area (Å²) < 4.78 is 5.41. The van der Waals surface area contributed by atoms with Crippen LogP contribution in [-0.2, 0) is 5.75 Å². The van der Waals surface area contributed by atoms with Gasteiger partial charge in [0.25, 0.3) is 0 Å². The number of rotatable bonds is 5. The van der Waals surface area contributed by atoms with Gasteiger partial charge in [-0.25, -0.2) is 4.98 Å². The highest BCUT2D eigenvalue weighted by Gasteiger charge is 2.10. The number of aryl methyl sites for hydroxylation is 1. The van der Waals surface area contributed by atoms with Gasteiger partial charge in [0.15, 0.2) is 11.6 Å². The third-order valence-corrected chi connectivity index (χ3v) is 4.64. The molecule has 0 aliphatic rings. The lowest BCUT2D eigenvalue weighted by molar-refractivity contribution is 0.426. The molecule has 4 aromatic rings. The van der Waals surface area contributed by atoms with E-state index in [1.807, 2.05) is 48.5 Å². The number of aromatic nitrogens is 4. The zero-order valence-corrected chi connectivity index (χ0v) is 14.5. The van der Waals surface area contributed by atoms with Gasteiger partial charge in [-0.1, -0.05) is 77.1 Å². The van der Waals surface area contributed by atoms with E-state index in [1.54, 1.807) is 0 Å². The van der Waals surface area contributed by atoms with E-state index in [-0.39, 0.29) is 0 Å². The molecule has 0 unspecified atom stereocenters. The van der Waals surface area contributed by atoms with Crippen LogP contribution in [0.1, 0.15) is 11.3 Å². The quantitative estimate of drug-likeness (QED) is 0.528.